The zero-order valence-corrected chi connectivity index (χ0v) is 18.5. The molecular formula is C27H25NO5. The van der Waals surface area contributed by atoms with Crippen molar-refractivity contribution >= 4 is 11.9 Å². The predicted molar refractivity (Wildman–Crippen MR) is 122 cm³/mol. The van der Waals surface area contributed by atoms with E-state index in [-0.39, 0.29) is 25.3 Å². The van der Waals surface area contributed by atoms with Gasteiger partial charge in [0.05, 0.1) is 18.2 Å². The summed E-state index contributed by atoms with van der Waals surface area (Å²) in [5.74, 6) is 17.0. The fourth-order valence-corrected chi connectivity index (χ4v) is 4.16. The van der Waals surface area contributed by atoms with Crippen LogP contribution in [0, 0.1) is 53.4 Å². The molecule has 1 aromatic rings. The number of hydrogen-bond donors (Lipinski definition) is 1. The number of esters is 2. The Balaban J connectivity index is 1.78. The van der Waals surface area contributed by atoms with Crippen molar-refractivity contribution < 1.29 is 24.2 Å². The maximum Gasteiger partial charge on any atom is 0.338 e. The molecule has 2 aliphatic heterocycles. The number of carbonyl (C=O) groups excluding carboxylic acids is 2. The van der Waals surface area contributed by atoms with Gasteiger partial charge in [0.1, 0.15) is 12.0 Å². The molecule has 1 N–H and O–H groups in total. The van der Waals surface area contributed by atoms with E-state index in [4.69, 9.17) is 14.6 Å². The summed E-state index contributed by atoms with van der Waals surface area (Å²) in [5.41, 5.74) is 0.434. The van der Waals surface area contributed by atoms with Crippen LogP contribution in [0.2, 0.25) is 0 Å². The molecule has 6 heteroatoms. The van der Waals surface area contributed by atoms with Crippen LogP contribution in [0.1, 0.15) is 43.0 Å². The van der Waals surface area contributed by atoms with E-state index >= 15 is 0 Å². The van der Waals surface area contributed by atoms with Crippen LogP contribution in [0.25, 0.3) is 0 Å². The van der Waals surface area contributed by atoms with E-state index in [0.717, 1.165) is 12.8 Å². The van der Waals surface area contributed by atoms with E-state index in [9.17, 15) is 9.59 Å². The molecule has 4 atom stereocenters. The summed E-state index contributed by atoms with van der Waals surface area (Å²) < 4.78 is 11.2. The summed E-state index contributed by atoms with van der Waals surface area (Å²) in [5, 5.41) is 9.00. The third kappa shape index (κ3) is 6.33. The molecule has 2 saturated heterocycles. The molecule has 6 nitrogen and oxygen atoms in total. The van der Waals surface area contributed by atoms with Crippen LogP contribution in [0.3, 0.4) is 0 Å². The van der Waals surface area contributed by atoms with Gasteiger partial charge in [-0.05, 0) is 49.7 Å². The number of rotatable bonds is 6. The van der Waals surface area contributed by atoms with Gasteiger partial charge in [-0.3, -0.25) is 4.79 Å². The molecule has 2 heterocycles. The van der Waals surface area contributed by atoms with Gasteiger partial charge >= 0.3 is 11.9 Å². The zero-order valence-electron chi connectivity index (χ0n) is 18.5. The highest BCUT2D eigenvalue weighted by Gasteiger charge is 2.52. The number of benzene rings is 1. The molecule has 0 amide bonds. The van der Waals surface area contributed by atoms with Crippen molar-refractivity contribution in [2.75, 3.05) is 13.2 Å². The lowest BCUT2D eigenvalue weighted by atomic mass is 9.87. The maximum atomic E-state index is 13.0. The van der Waals surface area contributed by atoms with Gasteiger partial charge in [0, 0.05) is 49.3 Å². The van der Waals surface area contributed by atoms with Crippen LogP contribution < -0.4 is 0 Å². The number of hydrogen-bond acceptors (Lipinski definition) is 6. The number of carbonyl (C=O) groups is 2. The fourth-order valence-electron chi connectivity index (χ4n) is 4.16. The van der Waals surface area contributed by atoms with Gasteiger partial charge in [-0.2, -0.15) is 0 Å². The molecule has 2 bridgehead atoms. The Bertz CT molecular complexity index is 1100. The minimum absolute atomic E-state index is 0.0522. The van der Waals surface area contributed by atoms with Gasteiger partial charge < -0.3 is 19.5 Å². The van der Waals surface area contributed by atoms with Crippen LogP contribution in [-0.4, -0.2) is 53.3 Å². The number of piperidine rings is 1. The maximum absolute atomic E-state index is 13.0. The Hall–Kier alpha value is -3.84. The first kappa shape index (κ1) is 23.8. The van der Waals surface area contributed by atoms with Crippen LogP contribution in [0.15, 0.2) is 30.3 Å². The third-order valence-corrected chi connectivity index (χ3v) is 5.58. The molecule has 168 valence electrons. The molecular weight excluding hydrogens is 418 g/mol. The molecule has 0 aliphatic carbocycles. The van der Waals surface area contributed by atoms with Crippen molar-refractivity contribution in [2.24, 2.45) is 5.92 Å². The lowest BCUT2D eigenvalue weighted by molar-refractivity contribution is -0.158. The third-order valence-electron chi connectivity index (χ3n) is 5.58. The molecule has 0 saturated carbocycles. The van der Waals surface area contributed by atoms with Gasteiger partial charge in [0.15, 0.2) is 0 Å². The molecule has 4 unspecified atom stereocenters. The van der Waals surface area contributed by atoms with Crippen molar-refractivity contribution in [3.05, 3.63) is 35.9 Å². The summed E-state index contributed by atoms with van der Waals surface area (Å²) >= 11 is 0. The SMILES string of the molecule is CC#CC#CC#CC#CN1C2CCC1C(C(=O)OCCCO)C(OC(=O)c1ccccc1)C2. The smallest absolute Gasteiger partial charge is 0.338 e. The molecule has 1 aromatic carbocycles. The summed E-state index contributed by atoms with van der Waals surface area (Å²) in [6.07, 6.45) is 1.78. The Morgan fingerprint density at radius 2 is 1.79 bits per heavy atom. The average Bonchev–Trinajstić information content (AvgIpc) is 3.10. The Kier molecular flexibility index (Phi) is 8.85. The summed E-state index contributed by atoms with van der Waals surface area (Å²) in [6, 6.07) is 11.6. The van der Waals surface area contributed by atoms with Crippen molar-refractivity contribution in [3.63, 3.8) is 0 Å². The van der Waals surface area contributed by atoms with Crippen LogP contribution in [0.5, 0.6) is 0 Å². The lowest BCUT2D eigenvalue weighted by Gasteiger charge is -2.41. The van der Waals surface area contributed by atoms with Gasteiger partial charge in [0.2, 0.25) is 0 Å². The van der Waals surface area contributed by atoms with E-state index in [2.05, 4.69) is 47.5 Å². The molecule has 0 aromatic heterocycles. The number of aliphatic hydroxyl groups excluding tert-OH is 1. The van der Waals surface area contributed by atoms with Crippen LogP contribution in [0.4, 0.5) is 0 Å². The minimum atomic E-state index is -0.669. The molecule has 0 radical (unpaired) electrons. The van der Waals surface area contributed by atoms with Crippen LogP contribution in [-0.2, 0) is 14.3 Å². The first-order chi connectivity index (χ1) is 16.2. The van der Waals surface area contributed by atoms with E-state index in [1.807, 2.05) is 11.0 Å². The van der Waals surface area contributed by atoms with E-state index < -0.39 is 24.0 Å². The monoisotopic (exact) mass is 443 g/mol. The topological polar surface area (TPSA) is 76.1 Å². The predicted octanol–water partition coefficient (Wildman–Crippen LogP) is 1.98. The Labute approximate surface area is 194 Å². The van der Waals surface area contributed by atoms with Crippen molar-refractivity contribution in [2.45, 2.75) is 50.8 Å². The van der Waals surface area contributed by atoms with Gasteiger partial charge in [-0.25, -0.2) is 4.79 Å². The summed E-state index contributed by atoms with van der Waals surface area (Å²) in [4.78, 5) is 27.6. The Morgan fingerprint density at radius 3 is 2.52 bits per heavy atom. The van der Waals surface area contributed by atoms with Crippen LogP contribution >= 0.6 is 0 Å². The number of ether oxygens (including phenoxy) is 2. The second-order valence-electron chi connectivity index (χ2n) is 7.63. The normalized spacial score (nSPS) is 22.1. The summed E-state index contributed by atoms with van der Waals surface area (Å²) in [7, 11) is 0. The summed E-state index contributed by atoms with van der Waals surface area (Å²) in [6.45, 7) is 1.74. The van der Waals surface area contributed by atoms with E-state index in [0.29, 0.717) is 18.4 Å². The van der Waals surface area contributed by atoms with Crippen molar-refractivity contribution in [3.8, 4) is 47.5 Å². The standard InChI is InChI=1S/C27H25NO5/c1-2-3-4-5-6-7-11-17-28-22-15-16-23(28)25(27(31)32-19-12-18-29)24(20-22)33-26(30)21-13-9-8-10-14-21/h8-10,13-14,22-25,29H,12,15-16,18-20H2,1H3. The molecule has 0 spiro atoms. The average molecular weight is 443 g/mol. The molecule has 3 rings (SSSR count). The fraction of sp³-hybridized carbons (Fsp3) is 0.407. The lowest BCUT2D eigenvalue weighted by Crippen LogP contribution is -2.53. The van der Waals surface area contributed by atoms with E-state index in [1.165, 1.54) is 0 Å². The number of aliphatic hydroxyl groups is 1. The van der Waals surface area contributed by atoms with Crippen molar-refractivity contribution in [1.82, 2.24) is 4.90 Å². The highest BCUT2D eigenvalue weighted by atomic mass is 16.6. The second-order valence-corrected chi connectivity index (χ2v) is 7.63. The highest BCUT2D eigenvalue weighted by molar-refractivity contribution is 5.89. The minimum Gasteiger partial charge on any atom is -0.465 e. The largest absolute Gasteiger partial charge is 0.465 e. The van der Waals surface area contributed by atoms with Gasteiger partial charge in [0.25, 0.3) is 0 Å². The van der Waals surface area contributed by atoms with Gasteiger partial charge in [-0.15, -0.1) is 0 Å². The number of fused-ring (bicyclic) bond motifs is 2. The number of nitrogens with zero attached hydrogens (tertiary/aromatic N) is 1. The Morgan fingerprint density at radius 1 is 1.06 bits per heavy atom. The second kappa shape index (κ2) is 12.3. The first-order valence-corrected chi connectivity index (χ1v) is 10.9. The van der Waals surface area contributed by atoms with Gasteiger partial charge in [-0.1, -0.05) is 24.1 Å². The molecule has 2 fully saturated rings. The molecule has 33 heavy (non-hydrogen) atoms. The first-order valence-electron chi connectivity index (χ1n) is 10.9. The quantitative estimate of drug-likeness (QED) is 0.412. The highest BCUT2D eigenvalue weighted by Crippen LogP contribution is 2.41. The zero-order chi connectivity index (χ0) is 23.5. The molecule has 2 aliphatic rings. The van der Waals surface area contributed by atoms with Crippen molar-refractivity contribution in [1.29, 1.82) is 0 Å². The van der Waals surface area contributed by atoms with E-state index in [1.54, 1.807) is 31.2 Å².